The maximum Gasteiger partial charge on any atom is 0.144 e. The number of rotatable bonds is 2. The largest absolute Gasteiger partial charge is 0.497 e. The molecular formula is C18H14N2O. The predicted molar refractivity (Wildman–Crippen MR) is 84.7 cm³/mol. The van der Waals surface area contributed by atoms with Gasteiger partial charge >= 0.3 is 0 Å². The van der Waals surface area contributed by atoms with Gasteiger partial charge in [0, 0.05) is 23.3 Å². The zero-order chi connectivity index (χ0) is 14.2. The van der Waals surface area contributed by atoms with Gasteiger partial charge in [0.25, 0.3) is 0 Å². The molecule has 0 aliphatic heterocycles. The van der Waals surface area contributed by atoms with Gasteiger partial charge in [-0.05, 0) is 48.0 Å². The van der Waals surface area contributed by atoms with Crippen LogP contribution >= 0.6 is 0 Å². The van der Waals surface area contributed by atoms with Gasteiger partial charge in [0.05, 0.1) is 12.6 Å². The van der Waals surface area contributed by atoms with Gasteiger partial charge in [0.1, 0.15) is 11.4 Å². The van der Waals surface area contributed by atoms with E-state index in [4.69, 9.17) is 4.74 Å². The van der Waals surface area contributed by atoms with Gasteiger partial charge in [-0.2, -0.15) is 0 Å². The van der Waals surface area contributed by atoms with Crippen molar-refractivity contribution >= 4 is 16.6 Å². The Morgan fingerprint density at radius 1 is 1.00 bits per heavy atom. The first-order chi connectivity index (χ1) is 10.4. The van der Waals surface area contributed by atoms with Gasteiger partial charge in [-0.25, -0.2) is 4.98 Å². The molecule has 0 atom stereocenters. The highest BCUT2D eigenvalue weighted by Crippen LogP contribution is 2.30. The maximum absolute atomic E-state index is 5.23. The summed E-state index contributed by atoms with van der Waals surface area (Å²) in [7, 11) is 1.68. The molecule has 4 aromatic rings. The van der Waals surface area contributed by atoms with Crippen molar-refractivity contribution < 1.29 is 4.74 Å². The third kappa shape index (κ3) is 1.86. The van der Waals surface area contributed by atoms with Crippen LogP contribution in [0.1, 0.15) is 0 Å². The Balaban J connectivity index is 2.03. The van der Waals surface area contributed by atoms with Crippen LogP contribution in [0.3, 0.4) is 0 Å². The Bertz CT molecular complexity index is 923. The number of hydrogen-bond donors (Lipinski definition) is 0. The molecule has 0 bridgehead atoms. The quantitative estimate of drug-likeness (QED) is 0.548. The van der Waals surface area contributed by atoms with Crippen LogP contribution in [-0.2, 0) is 0 Å². The van der Waals surface area contributed by atoms with E-state index in [1.807, 2.05) is 24.4 Å². The van der Waals surface area contributed by atoms with Crippen molar-refractivity contribution in [2.75, 3.05) is 7.11 Å². The molecule has 0 N–H and O–H groups in total. The molecule has 4 rings (SSSR count). The molecule has 0 saturated heterocycles. The van der Waals surface area contributed by atoms with E-state index < -0.39 is 0 Å². The smallest absolute Gasteiger partial charge is 0.144 e. The second-order valence-corrected chi connectivity index (χ2v) is 4.97. The molecule has 3 aromatic heterocycles. The molecule has 0 spiro atoms. The molecule has 1 aromatic carbocycles. The van der Waals surface area contributed by atoms with Gasteiger partial charge < -0.3 is 9.14 Å². The molecule has 102 valence electrons. The van der Waals surface area contributed by atoms with Crippen LogP contribution in [0.15, 0.2) is 67.0 Å². The molecule has 21 heavy (non-hydrogen) atoms. The summed E-state index contributed by atoms with van der Waals surface area (Å²) in [5.41, 5.74) is 4.51. The summed E-state index contributed by atoms with van der Waals surface area (Å²) < 4.78 is 7.37. The Labute approximate surface area is 122 Å². The highest BCUT2D eigenvalue weighted by molar-refractivity contribution is 5.91. The van der Waals surface area contributed by atoms with Gasteiger partial charge in [-0.3, -0.25) is 0 Å². The first-order valence-electron chi connectivity index (χ1n) is 6.86. The molecule has 0 aliphatic rings. The first-order valence-corrected chi connectivity index (χ1v) is 6.86. The molecule has 3 nitrogen and oxygen atoms in total. The van der Waals surface area contributed by atoms with Crippen molar-refractivity contribution in [1.82, 2.24) is 9.38 Å². The van der Waals surface area contributed by atoms with Crippen molar-refractivity contribution in [3.63, 3.8) is 0 Å². The van der Waals surface area contributed by atoms with E-state index in [0.29, 0.717) is 0 Å². The summed E-state index contributed by atoms with van der Waals surface area (Å²) in [6.07, 6.45) is 3.88. The lowest BCUT2D eigenvalue weighted by atomic mass is 10.0. The SMILES string of the molecule is COc1ccc(-c2cc3cccnc3n3cccc23)cc1. The van der Waals surface area contributed by atoms with E-state index in [2.05, 4.69) is 52.0 Å². The number of fused-ring (bicyclic) bond motifs is 3. The summed E-state index contributed by atoms with van der Waals surface area (Å²) in [4.78, 5) is 4.49. The highest BCUT2D eigenvalue weighted by atomic mass is 16.5. The molecule has 0 unspecified atom stereocenters. The topological polar surface area (TPSA) is 26.5 Å². The standard InChI is InChI=1S/C18H14N2O/c1-21-15-8-6-13(7-9-15)16-12-14-4-2-10-19-18(14)20-11-3-5-17(16)20/h2-12H,1H3. The summed E-state index contributed by atoms with van der Waals surface area (Å²) in [6, 6.07) is 18.6. The van der Waals surface area contributed by atoms with Crippen molar-refractivity contribution in [2.45, 2.75) is 0 Å². The lowest BCUT2D eigenvalue weighted by molar-refractivity contribution is 0.415. The van der Waals surface area contributed by atoms with Crippen molar-refractivity contribution in [1.29, 1.82) is 0 Å². The maximum atomic E-state index is 5.23. The Kier molecular flexibility index (Phi) is 2.64. The Morgan fingerprint density at radius 2 is 1.86 bits per heavy atom. The second-order valence-electron chi connectivity index (χ2n) is 4.97. The van der Waals surface area contributed by atoms with Gasteiger partial charge in [0.2, 0.25) is 0 Å². The normalized spacial score (nSPS) is 11.1. The van der Waals surface area contributed by atoms with Gasteiger partial charge in [-0.15, -0.1) is 0 Å². The van der Waals surface area contributed by atoms with Gasteiger partial charge in [-0.1, -0.05) is 12.1 Å². The Hall–Kier alpha value is -2.81. The Morgan fingerprint density at radius 3 is 2.67 bits per heavy atom. The fourth-order valence-electron chi connectivity index (χ4n) is 2.74. The first kappa shape index (κ1) is 12.0. The molecule has 0 aliphatic carbocycles. The number of hydrogen-bond acceptors (Lipinski definition) is 2. The van der Waals surface area contributed by atoms with E-state index in [9.17, 15) is 0 Å². The fourth-order valence-corrected chi connectivity index (χ4v) is 2.74. The molecule has 0 amide bonds. The molecule has 0 saturated carbocycles. The van der Waals surface area contributed by atoms with Crippen LogP contribution in [0.4, 0.5) is 0 Å². The summed E-state index contributed by atoms with van der Waals surface area (Å²) >= 11 is 0. The minimum atomic E-state index is 0.868. The predicted octanol–water partition coefficient (Wildman–Crippen LogP) is 4.16. The zero-order valence-electron chi connectivity index (χ0n) is 11.7. The summed E-state index contributed by atoms with van der Waals surface area (Å²) in [5.74, 6) is 0.868. The average molecular weight is 274 g/mol. The third-order valence-electron chi connectivity index (χ3n) is 3.77. The van der Waals surface area contributed by atoms with Crippen LogP contribution in [0.2, 0.25) is 0 Å². The summed E-state index contributed by atoms with van der Waals surface area (Å²) in [6.45, 7) is 0. The third-order valence-corrected chi connectivity index (χ3v) is 3.77. The molecule has 3 heteroatoms. The zero-order valence-corrected chi connectivity index (χ0v) is 11.7. The summed E-state index contributed by atoms with van der Waals surface area (Å²) in [5, 5.41) is 1.13. The average Bonchev–Trinajstić information content (AvgIpc) is 3.04. The van der Waals surface area contributed by atoms with E-state index in [0.717, 1.165) is 22.3 Å². The van der Waals surface area contributed by atoms with Crippen molar-refractivity contribution in [3.8, 4) is 16.9 Å². The molecule has 0 fully saturated rings. The minimum Gasteiger partial charge on any atom is -0.497 e. The molecule has 3 heterocycles. The van der Waals surface area contributed by atoms with Crippen LogP contribution in [-0.4, -0.2) is 16.5 Å². The molecular weight excluding hydrogens is 260 g/mol. The highest BCUT2D eigenvalue weighted by Gasteiger charge is 2.08. The lowest BCUT2D eigenvalue weighted by Gasteiger charge is -2.09. The van der Waals surface area contributed by atoms with Crippen molar-refractivity contribution in [3.05, 3.63) is 67.0 Å². The minimum absolute atomic E-state index is 0.868. The fraction of sp³-hybridized carbons (Fsp3) is 0.0556. The van der Waals surface area contributed by atoms with Crippen LogP contribution < -0.4 is 4.74 Å². The number of ether oxygens (including phenoxy) is 1. The van der Waals surface area contributed by atoms with Crippen molar-refractivity contribution in [2.24, 2.45) is 0 Å². The van der Waals surface area contributed by atoms with E-state index in [1.54, 1.807) is 7.11 Å². The van der Waals surface area contributed by atoms with Crippen LogP contribution in [0.5, 0.6) is 5.75 Å². The monoisotopic (exact) mass is 274 g/mol. The molecule has 0 radical (unpaired) electrons. The van der Waals surface area contributed by atoms with E-state index >= 15 is 0 Å². The number of pyridine rings is 2. The number of benzene rings is 1. The number of aromatic nitrogens is 2. The van der Waals surface area contributed by atoms with E-state index in [1.165, 1.54) is 11.1 Å². The second kappa shape index (κ2) is 4.63. The van der Waals surface area contributed by atoms with E-state index in [-0.39, 0.29) is 0 Å². The van der Waals surface area contributed by atoms with Crippen LogP contribution in [0, 0.1) is 0 Å². The van der Waals surface area contributed by atoms with Crippen LogP contribution in [0.25, 0.3) is 27.7 Å². The number of methoxy groups -OCH3 is 1. The lowest BCUT2D eigenvalue weighted by Crippen LogP contribution is -1.92. The van der Waals surface area contributed by atoms with Gasteiger partial charge in [0.15, 0.2) is 0 Å². The number of nitrogens with zero attached hydrogens (tertiary/aromatic N) is 2.